The SMILES string of the molecule is CCCCCCCCCCC(Cl)=Cc1ccccc1Nn1c(O)ccc1O. The van der Waals surface area contributed by atoms with E-state index in [0.717, 1.165) is 29.1 Å². The third-order valence-electron chi connectivity index (χ3n) is 4.61. The lowest BCUT2D eigenvalue weighted by Gasteiger charge is -2.13. The number of aromatic nitrogens is 1. The highest BCUT2D eigenvalue weighted by Crippen LogP contribution is 2.26. The number of para-hydroxylation sites is 1. The molecule has 2 aromatic rings. The Kier molecular flexibility index (Phi) is 9.12. The summed E-state index contributed by atoms with van der Waals surface area (Å²) in [6, 6.07) is 10.5. The van der Waals surface area contributed by atoms with Crippen molar-refractivity contribution in [1.82, 2.24) is 4.68 Å². The Morgan fingerprint density at radius 2 is 1.52 bits per heavy atom. The Morgan fingerprint density at radius 3 is 2.19 bits per heavy atom. The lowest BCUT2D eigenvalue weighted by molar-refractivity contribution is 0.393. The molecule has 0 saturated heterocycles. The maximum atomic E-state index is 9.80. The van der Waals surface area contributed by atoms with Gasteiger partial charge in [0.2, 0.25) is 11.8 Å². The first-order valence-electron chi connectivity index (χ1n) is 9.93. The van der Waals surface area contributed by atoms with Gasteiger partial charge in [0.1, 0.15) is 0 Å². The number of aromatic hydroxyl groups is 2. The zero-order chi connectivity index (χ0) is 19.5. The molecule has 1 heterocycles. The molecule has 0 spiro atoms. The molecule has 5 heteroatoms. The van der Waals surface area contributed by atoms with E-state index in [1.807, 2.05) is 30.3 Å². The lowest BCUT2D eigenvalue weighted by Crippen LogP contribution is -2.08. The van der Waals surface area contributed by atoms with Crippen LogP contribution in [-0.2, 0) is 0 Å². The Labute approximate surface area is 167 Å². The minimum Gasteiger partial charge on any atom is -0.493 e. The van der Waals surface area contributed by atoms with Crippen molar-refractivity contribution in [1.29, 1.82) is 0 Å². The van der Waals surface area contributed by atoms with Gasteiger partial charge < -0.3 is 10.2 Å². The number of hydrogen-bond acceptors (Lipinski definition) is 3. The first kappa shape index (κ1) is 21.2. The normalized spacial score (nSPS) is 11.7. The number of halogens is 1. The van der Waals surface area contributed by atoms with Crippen molar-refractivity contribution >= 4 is 23.4 Å². The van der Waals surface area contributed by atoms with Crippen molar-refractivity contribution in [2.75, 3.05) is 5.43 Å². The first-order chi connectivity index (χ1) is 13.1. The van der Waals surface area contributed by atoms with Crippen molar-refractivity contribution in [3.05, 3.63) is 47.0 Å². The fraction of sp³-hybridized carbons (Fsp3) is 0.455. The number of nitrogens with one attached hydrogen (secondary N) is 1. The second kappa shape index (κ2) is 11.6. The van der Waals surface area contributed by atoms with E-state index in [9.17, 15) is 10.2 Å². The van der Waals surface area contributed by atoms with Crippen molar-refractivity contribution in [3.8, 4) is 11.8 Å². The Bertz CT molecular complexity index is 705. The van der Waals surface area contributed by atoms with Crippen LogP contribution < -0.4 is 5.43 Å². The summed E-state index contributed by atoms with van der Waals surface area (Å²) < 4.78 is 1.22. The maximum absolute atomic E-state index is 9.80. The van der Waals surface area contributed by atoms with E-state index >= 15 is 0 Å². The monoisotopic (exact) mass is 390 g/mol. The predicted molar refractivity (Wildman–Crippen MR) is 114 cm³/mol. The smallest absolute Gasteiger partial charge is 0.213 e. The standard InChI is InChI=1S/C22H31ClN2O2/c1-2-3-4-5-6-7-8-9-13-19(23)17-18-12-10-11-14-20(18)24-25-21(26)15-16-22(25)27/h10-12,14-17,24,26-27H,2-9,13H2,1H3. The van der Waals surface area contributed by atoms with Crippen LogP contribution in [0.15, 0.2) is 41.4 Å². The number of unbranched alkanes of at least 4 members (excludes halogenated alkanes) is 7. The molecule has 0 amide bonds. The molecule has 27 heavy (non-hydrogen) atoms. The molecule has 2 rings (SSSR count). The van der Waals surface area contributed by atoms with Gasteiger partial charge in [-0.15, -0.1) is 0 Å². The van der Waals surface area contributed by atoms with E-state index in [2.05, 4.69) is 12.3 Å². The molecule has 0 saturated carbocycles. The third-order valence-corrected chi connectivity index (χ3v) is 4.91. The molecule has 3 N–H and O–H groups in total. The molecule has 1 aromatic heterocycles. The van der Waals surface area contributed by atoms with E-state index < -0.39 is 0 Å². The minimum atomic E-state index is -0.0590. The molecule has 0 atom stereocenters. The molecule has 4 nitrogen and oxygen atoms in total. The molecule has 0 bridgehead atoms. The highest BCUT2D eigenvalue weighted by molar-refractivity contribution is 6.31. The van der Waals surface area contributed by atoms with Gasteiger partial charge in [-0.3, -0.25) is 5.43 Å². The van der Waals surface area contributed by atoms with Crippen LogP contribution in [0.25, 0.3) is 6.08 Å². The van der Waals surface area contributed by atoms with E-state index in [1.165, 1.54) is 61.8 Å². The molecule has 1 aromatic carbocycles. The van der Waals surface area contributed by atoms with Gasteiger partial charge in [-0.05, 0) is 25.0 Å². The van der Waals surface area contributed by atoms with Gasteiger partial charge in [0.15, 0.2) is 0 Å². The van der Waals surface area contributed by atoms with Gasteiger partial charge in [0, 0.05) is 22.7 Å². The summed E-state index contributed by atoms with van der Waals surface area (Å²) in [5, 5.41) is 20.4. The van der Waals surface area contributed by atoms with Crippen molar-refractivity contribution < 1.29 is 10.2 Å². The van der Waals surface area contributed by atoms with Crippen molar-refractivity contribution in [2.24, 2.45) is 0 Å². The van der Waals surface area contributed by atoms with Gasteiger partial charge in [0.25, 0.3) is 0 Å². The van der Waals surface area contributed by atoms with Gasteiger partial charge in [0.05, 0.1) is 5.69 Å². The molecule has 0 unspecified atom stereocenters. The quantitative estimate of drug-likeness (QED) is 0.346. The fourth-order valence-corrected chi connectivity index (χ4v) is 3.30. The van der Waals surface area contributed by atoms with Gasteiger partial charge in [-0.2, -0.15) is 4.68 Å². The summed E-state index contributed by atoms with van der Waals surface area (Å²) in [7, 11) is 0. The minimum absolute atomic E-state index is 0.0590. The second-order valence-electron chi connectivity index (χ2n) is 6.90. The van der Waals surface area contributed by atoms with E-state index in [4.69, 9.17) is 11.6 Å². The number of allylic oxidation sites excluding steroid dienone is 1. The third kappa shape index (κ3) is 7.22. The first-order valence-corrected chi connectivity index (χ1v) is 10.3. The number of rotatable bonds is 12. The molecule has 0 aliphatic heterocycles. The topological polar surface area (TPSA) is 57.4 Å². The van der Waals surface area contributed by atoms with Crippen molar-refractivity contribution in [2.45, 2.75) is 64.7 Å². The molecular weight excluding hydrogens is 360 g/mol. The van der Waals surface area contributed by atoms with Gasteiger partial charge >= 0.3 is 0 Å². The van der Waals surface area contributed by atoms with Crippen molar-refractivity contribution in [3.63, 3.8) is 0 Å². The number of hydrogen-bond donors (Lipinski definition) is 3. The number of nitrogens with zero attached hydrogens (tertiary/aromatic N) is 1. The number of anilines is 1. The van der Waals surface area contributed by atoms with E-state index in [0.29, 0.717) is 0 Å². The largest absolute Gasteiger partial charge is 0.493 e. The zero-order valence-corrected chi connectivity index (χ0v) is 16.9. The molecule has 0 fully saturated rings. The Morgan fingerprint density at radius 1 is 0.926 bits per heavy atom. The highest BCUT2D eigenvalue weighted by atomic mass is 35.5. The number of benzene rings is 1. The van der Waals surface area contributed by atoms with Crippen LogP contribution in [0.4, 0.5) is 5.69 Å². The Balaban J connectivity index is 1.85. The summed E-state index contributed by atoms with van der Waals surface area (Å²) in [5.74, 6) is -0.118. The van der Waals surface area contributed by atoms with Crippen LogP contribution in [0.2, 0.25) is 0 Å². The maximum Gasteiger partial charge on any atom is 0.213 e. The summed E-state index contributed by atoms with van der Waals surface area (Å²) in [6.07, 6.45) is 13.0. The van der Waals surface area contributed by atoms with E-state index in [1.54, 1.807) is 0 Å². The predicted octanol–water partition coefficient (Wildman–Crippen LogP) is 6.89. The molecule has 148 valence electrons. The molecule has 0 radical (unpaired) electrons. The van der Waals surface area contributed by atoms with Crippen LogP contribution in [0.1, 0.15) is 70.3 Å². The summed E-state index contributed by atoms with van der Waals surface area (Å²) in [5.41, 5.74) is 4.68. The van der Waals surface area contributed by atoms with Gasteiger partial charge in [-0.25, -0.2) is 0 Å². The lowest BCUT2D eigenvalue weighted by atomic mass is 10.1. The van der Waals surface area contributed by atoms with E-state index in [-0.39, 0.29) is 11.8 Å². The van der Waals surface area contributed by atoms with Crippen LogP contribution >= 0.6 is 11.6 Å². The average Bonchev–Trinajstić information content (AvgIpc) is 2.97. The van der Waals surface area contributed by atoms with Crippen LogP contribution in [0, 0.1) is 0 Å². The van der Waals surface area contributed by atoms with Gasteiger partial charge in [-0.1, -0.05) is 81.7 Å². The second-order valence-corrected chi connectivity index (χ2v) is 7.39. The van der Waals surface area contributed by atoms with Crippen LogP contribution in [-0.4, -0.2) is 14.9 Å². The molecular formula is C22H31ClN2O2. The highest BCUT2D eigenvalue weighted by Gasteiger charge is 2.08. The van der Waals surface area contributed by atoms with Crippen LogP contribution in [0.3, 0.4) is 0 Å². The average molecular weight is 391 g/mol. The zero-order valence-electron chi connectivity index (χ0n) is 16.1. The summed E-state index contributed by atoms with van der Waals surface area (Å²) >= 11 is 6.44. The summed E-state index contributed by atoms with van der Waals surface area (Å²) in [4.78, 5) is 0. The Hall–Kier alpha value is -2.07. The van der Waals surface area contributed by atoms with Crippen LogP contribution in [0.5, 0.6) is 11.8 Å². The molecule has 0 aliphatic rings. The fourth-order valence-electron chi connectivity index (χ4n) is 3.04. The summed E-state index contributed by atoms with van der Waals surface area (Å²) in [6.45, 7) is 2.24. The molecule has 0 aliphatic carbocycles.